The zero-order chi connectivity index (χ0) is 18.3. The first-order valence-corrected chi connectivity index (χ1v) is 8.51. The molecule has 1 unspecified atom stereocenters. The second-order valence-electron chi connectivity index (χ2n) is 7.49. The summed E-state index contributed by atoms with van der Waals surface area (Å²) in [5.41, 5.74) is 7.94. The number of carbonyl (C=O) groups is 2. The van der Waals surface area contributed by atoms with Crippen molar-refractivity contribution in [1.29, 1.82) is 0 Å². The van der Waals surface area contributed by atoms with Crippen LogP contribution in [0.3, 0.4) is 0 Å². The predicted molar refractivity (Wildman–Crippen MR) is 105 cm³/mol. The molecule has 1 rings (SSSR count). The van der Waals surface area contributed by atoms with Gasteiger partial charge in [-0.25, -0.2) is 0 Å². The predicted octanol–water partition coefficient (Wildman–Crippen LogP) is 2.90. The monoisotopic (exact) mass is 369 g/mol. The summed E-state index contributed by atoms with van der Waals surface area (Å²) in [6, 6.07) is 7.93. The van der Waals surface area contributed by atoms with Crippen molar-refractivity contribution in [3.8, 4) is 0 Å². The molecule has 0 bridgehead atoms. The van der Waals surface area contributed by atoms with E-state index in [0.717, 1.165) is 5.56 Å². The van der Waals surface area contributed by atoms with Gasteiger partial charge in [-0.2, -0.15) is 0 Å². The fraction of sp³-hybridized carbons (Fsp3) is 0.579. The lowest BCUT2D eigenvalue weighted by Crippen LogP contribution is -2.38. The lowest BCUT2D eigenvalue weighted by Gasteiger charge is -2.18. The Bertz CT molecular complexity index is 551. The molecule has 4 N–H and O–H groups in total. The number of amides is 2. The molecule has 6 heteroatoms. The number of hydrogen-bond acceptors (Lipinski definition) is 3. The van der Waals surface area contributed by atoms with Gasteiger partial charge in [-0.15, -0.1) is 12.4 Å². The van der Waals surface area contributed by atoms with Crippen molar-refractivity contribution in [2.45, 2.75) is 53.0 Å². The summed E-state index contributed by atoms with van der Waals surface area (Å²) in [7, 11) is 0. The lowest BCUT2D eigenvalue weighted by atomic mass is 9.96. The third-order valence-electron chi connectivity index (χ3n) is 3.87. The summed E-state index contributed by atoms with van der Waals surface area (Å²) in [4.78, 5) is 23.5. The quantitative estimate of drug-likeness (QED) is 0.690. The molecular weight excluding hydrogens is 338 g/mol. The first-order chi connectivity index (χ1) is 11.1. The van der Waals surface area contributed by atoms with E-state index in [1.807, 2.05) is 32.9 Å². The Labute approximate surface area is 157 Å². The molecule has 0 aliphatic rings. The molecule has 0 saturated carbocycles. The van der Waals surface area contributed by atoms with E-state index in [1.165, 1.54) is 5.56 Å². The number of rotatable bonds is 7. The molecule has 142 valence electrons. The normalized spacial score (nSPS) is 12.3. The molecule has 1 aromatic carbocycles. The summed E-state index contributed by atoms with van der Waals surface area (Å²) in [5.74, 6) is 0.314. The number of carbonyl (C=O) groups excluding carboxylic acids is 2. The molecule has 25 heavy (non-hydrogen) atoms. The van der Waals surface area contributed by atoms with Crippen molar-refractivity contribution >= 4 is 24.2 Å². The third kappa shape index (κ3) is 8.36. The molecule has 2 amide bonds. The summed E-state index contributed by atoms with van der Waals surface area (Å²) in [5, 5.41) is 5.57. The highest BCUT2D eigenvalue weighted by Crippen LogP contribution is 2.17. The minimum Gasteiger partial charge on any atom is -0.355 e. The minimum absolute atomic E-state index is 0. The van der Waals surface area contributed by atoms with Crippen LogP contribution in [0.5, 0.6) is 0 Å². The molecule has 1 atom stereocenters. The Hall–Kier alpha value is -1.59. The molecule has 0 heterocycles. The van der Waals surface area contributed by atoms with Gasteiger partial charge in [0.1, 0.15) is 0 Å². The smallest absolute Gasteiger partial charge is 0.225 e. The van der Waals surface area contributed by atoms with Gasteiger partial charge in [0.15, 0.2) is 0 Å². The molecule has 0 aliphatic carbocycles. The number of halogens is 1. The van der Waals surface area contributed by atoms with Crippen molar-refractivity contribution in [2.24, 2.45) is 11.1 Å². The Morgan fingerprint density at radius 1 is 1.04 bits per heavy atom. The van der Waals surface area contributed by atoms with E-state index in [4.69, 9.17) is 5.73 Å². The van der Waals surface area contributed by atoms with Crippen LogP contribution in [-0.2, 0) is 9.59 Å². The maximum atomic E-state index is 11.8. The van der Waals surface area contributed by atoms with E-state index in [0.29, 0.717) is 19.0 Å². The summed E-state index contributed by atoms with van der Waals surface area (Å²) in [6.07, 6.45) is 0.251. The minimum atomic E-state index is -0.443. The molecule has 0 saturated heterocycles. The number of nitrogens with one attached hydrogen (secondary N) is 2. The van der Waals surface area contributed by atoms with E-state index in [1.54, 1.807) is 0 Å². The van der Waals surface area contributed by atoms with Crippen molar-refractivity contribution in [2.75, 3.05) is 13.1 Å². The Morgan fingerprint density at radius 3 is 2.04 bits per heavy atom. The first-order valence-electron chi connectivity index (χ1n) is 8.51. The van der Waals surface area contributed by atoms with E-state index < -0.39 is 5.41 Å². The number of benzene rings is 1. The van der Waals surface area contributed by atoms with Gasteiger partial charge in [-0.05, 0) is 17.0 Å². The van der Waals surface area contributed by atoms with E-state index in [9.17, 15) is 9.59 Å². The van der Waals surface area contributed by atoms with Crippen LogP contribution in [0.2, 0.25) is 0 Å². The first kappa shape index (κ1) is 23.4. The second kappa shape index (κ2) is 10.4. The maximum absolute atomic E-state index is 11.8. The zero-order valence-corrected chi connectivity index (χ0v) is 16.7. The average Bonchev–Trinajstić information content (AvgIpc) is 2.51. The third-order valence-corrected chi connectivity index (χ3v) is 3.87. The number of hydrogen-bond donors (Lipinski definition) is 3. The van der Waals surface area contributed by atoms with Crippen LogP contribution in [0.25, 0.3) is 0 Å². The van der Waals surface area contributed by atoms with Gasteiger partial charge in [-0.1, -0.05) is 58.9 Å². The lowest BCUT2D eigenvalue weighted by molar-refractivity contribution is -0.128. The van der Waals surface area contributed by atoms with Gasteiger partial charge < -0.3 is 16.4 Å². The molecule has 5 nitrogen and oxygen atoms in total. The second-order valence-corrected chi connectivity index (χ2v) is 7.49. The van der Waals surface area contributed by atoms with Crippen molar-refractivity contribution < 1.29 is 9.59 Å². The molecule has 0 fully saturated rings. The van der Waals surface area contributed by atoms with Gasteiger partial charge in [0.2, 0.25) is 11.8 Å². The van der Waals surface area contributed by atoms with Crippen molar-refractivity contribution in [3.63, 3.8) is 0 Å². The van der Waals surface area contributed by atoms with Crippen molar-refractivity contribution in [3.05, 3.63) is 35.4 Å². The van der Waals surface area contributed by atoms with Crippen LogP contribution in [0.4, 0.5) is 0 Å². The SMILES string of the molecule is CC(C)c1ccc(C(N)CNC(=O)CCNC(=O)C(C)(C)C)cc1.Cl. The van der Waals surface area contributed by atoms with Gasteiger partial charge in [0.05, 0.1) is 0 Å². The van der Waals surface area contributed by atoms with E-state index in [-0.39, 0.29) is 36.7 Å². The van der Waals surface area contributed by atoms with Crippen molar-refractivity contribution in [1.82, 2.24) is 10.6 Å². The molecular formula is C19H32ClN3O2. The standard InChI is InChI=1S/C19H31N3O2.ClH/c1-13(2)14-6-8-15(9-7-14)16(20)12-22-17(23)10-11-21-18(24)19(3,4)5;/h6-9,13,16H,10-12,20H2,1-5H3,(H,21,24)(H,22,23);1H. The summed E-state index contributed by atoms with van der Waals surface area (Å²) in [6.45, 7) is 10.5. The Kier molecular flexibility index (Phi) is 9.75. The molecule has 0 aliphatic heterocycles. The van der Waals surface area contributed by atoms with Crippen LogP contribution in [-0.4, -0.2) is 24.9 Å². The van der Waals surface area contributed by atoms with E-state index >= 15 is 0 Å². The zero-order valence-electron chi connectivity index (χ0n) is 15.9. The highest BCUT2D eigenvalue weighted by molar-refractivity contribution is 5.85. The fourth-order valence-corrected chi connectivity index (χ4v) is 2.11. The molecule has 1 aromatic rings. The Morgan fingerprint density at radius 2 is 1.56 bits per heavy atom. The van der Waals surface area contributed by atoms with Gasteiger partial charge in [0.25, 0.3) is 0 Å². The molecule has 0 aromatic heterocycles. The summed E-state index contributed by atoms with van der Waals surface area (Å²) >= 11 is 0. The van der Waals surface area contributed by atoms with Gasteiger partial charge in [0, 0.05) is 31.0 Å². The Balaban J connectivity index is 0.00000576. The van der Waals surface area contributed by atoms with Gasteiger partial charge in [-0.3, -0.25) is 9.59 Å². The highest BCUT2D eigenvalue weighted by Gasteiger charge is 2.20. The topological polar surface area (TPSA) is 84.2 Å². The largest absolute Gasteiger partial charge is 0.355 e. The highest BCUT2D eigenvalue weighted by atomic mass is 35.5. The average molecular weight is 370 g/mol. The fourth-order valence-electron chi connectivity index (χ4n) is 2.11. The summed E-state index contributed by atoms with van der Waals surface area (Å²) < 4.78 is 0. The van der Waals surface area contributed by atoms with Crippen LogP contribution >= 0.6 is 12.4 Å². The van der Waals surface area contributed by atoms with Crippen LogP contribution < -0.4 is 16.4 Å². The molecule has 0 spiro atoms. The van der Waals surface area contributed by atoms with Crippen LogP contribution in [0.1, 0.15) is 64.1 Å². The van der Waals surface area contributed by atoms with Crippen LogP contribution in [0, 0.1) is 5.41 Å². The maximum Gasteiger partial charge on any atom is 0.225 e. The number of nitrogens with two attached hydrogens (primary N) is 1. The van der Waals surface area contributed by atoms with Crippen LogP contribution in [0.15, 0.2) is 24.3 Å². The molecule has 0 radical (unpaired) electrons. The van der Waals surface area contributed by atoms with Gasteiger partial charge >= 0.3 is 0 Å². The van der Waals surface area contributed by atoms with E-state index in [2.05, 4.69) is 36.6 Å².